The number of para-hydroxylation sites is 1. The number of hydrogen-bond acceptors (Lipinski definition) is 1. The molecular formula is C19H27N. The molecule has 0 spiro atoms. The SMILES string of the molecule is C=CC/C=C\C=C/CN(C)c1ccccc1C=C.CC. The molecule has 0 aliphatic heterocycles. The van der Waals surface area contributed by atoms with Gasteiger partial charge in [-0.2, -0.15) is 0 Å². The predicted molar refractivity (Wildman–Crippen MR) is 94.2 cm³/mol. The van der Waals surface area contributed by atoms with Crippen LogP contribution in [0.5, 0.6) is 0 Å². The van der Waals surface area contributed by atoms with Gasteiger partial charge in [0.15, 0.2) is 0 Å². The molecule has 0 heterocycles. The van der Waals surface area contributed by atoms with Crippen LogP contribution in [0.3, 0.4) is 0 Å². The van der Waals surface area contributed by atoms with Gasteiger partial charge in [0.25, 0.3) is 0 Å². The van der Waals surface area contributed by atoms with Gasteiger partial charge in [-0.15, -0.1) is 6.58 Å². The Bertz CT molecular complexity index is 441. The average molecular weight is 269 g/mol. The highest BCUT2D eigenvalue weighted by Gasteiger charge is 2.01. The standard InChI is InChI=1S/C17H21N.C2H6/c1-4-6-7-8-9-12-15-18(3)17-14-11-10-13-16(17)5-2;1-2/h4-5,7-14H,1-2,6,15H2,3H3;1-2H3/b8-7-,12-9-;. The van der Waals surface area contributed by atoms with Crippen molar-refractivity contribution in [3.63, 3.8) is 0 Å². The molecule has 1 aromatic rings. The minimum Gasteiger partial charge on any atom is -0.370 e. The molecule has 0 aliphatic rings. The van der Waals surface area contributed by atoms with E-state index in [0.717, 1.165) is 18.5 Å². The molecule has 0 aliphatic carbocycles. The van der Waals surface area contributed by atoms with Crippen LogP contribution in [0, 0.1) is 0 Å². The van der Waals surface area contributed by atoms with Crippen LogP contribution >= 0.6 is 0 Å². The lowest BCUT2D eigenvalue weighted by atomic mass is 10.1. The van der Waals surface area contributed by atoms with E-state index in [9.17, 15) is 0 Å². The maximum atomic E-state index is 3.84. The largest absolute Gasteiger partial charge is 0.370 e. The summed E-state index contributed by atoms with van der Waals surface area (Å²) in [4.78, 5) is 2.20. The van der Waals surface area contributed by atoms with Crippen molar-refractivity contribution in [1.82, 2.24) is 0 Å². The highest BCUT2D eigenvalue weighted by molar-refractivity contribution is 5.66. The number of rotatable bonds is 7. The van der Waals surface area contributed by atoms with Crippen LogP contribution in [0.1, 0.15) is 25.8 Å². The molecule has 0 saturated heterocycles. The third-order valence-electron chi connectivity index (χ3n) is 2.63. The molecule has 1 nitrogen and oxygen atoms in total. The predicted octanol–water partition coefficient (Wildman–Crippen LogP) is 5.48. The topological polar surface area (TPSA) is 3.24 Å². The average Bonchev–Trinajstić information content (AvgIpc) is 2.52. The summed E-state index contributed by atoms with van der Waals surface area (Å²) in [5.41, 5.74) is 2.36. The van der Waals surface area contributed by atoms with Crippen molar-refractivity contribution < 1.29 is 0 Å². The molecule has 0 bridgehead atoms. The zero-order valence-electron chi connectivity index (χ0n) is 13.0. The van der Waals surface area contributed by atoms with E-state index in [4.69, 9.17) is 0 Å². The first-order valence-corrected chi connectivity index (χ1v) is 7.14. The summed E-state index contributed by atoms with van der Waals surface area (Å²) in [5, 5.41) is 0. The van der Waals surface area contributed by atoms with Gasteiger partial charge in [-0.1, -0.05) is 75.1 Å². The Kier molecular flexibility index (Phi) is 10.8. The van der Waals surface area contributed by atoms with Crippen LogP contribution < -0.4 is 4.90 Å². The fourth-order valence-electron chi connectivity index (χ4n) is 1.66. The summed E-state index contributed by atoms with van der Waals surface area (Å²) in [7, 11) is 2.08. The molecule has 0 saturated carbocycles. The minimum atomic E-state index is 0.878. The van der Waals surface area contributed by atoms with Crippen molar-refractivity contribution >= 4 is 11.8 Å². The van der Waals surface area contributed by atoms with Crippen molar-refractivity contribution in [2.45, 2.75) is 20.3 Å². The maximum Gasteiger partial charge on any atom is 0.0439 e. The fourth-order valence-corrected chi connectivity index (χ4v) is 1.66. The smallest absolute Gasteiger partial charge is 0.0439 e. The van der Waals surface area contributed by atoms with Crippen molar-refractivity contribution in [2.75, 3.05) is 18.5 Å². The van der Waals surface area contributed by atoms with Gasteiger partial charge < -0.3 is 4.90 Å². The van der Waals surface area contributed by atoms with Gasteiger partial charge in [0.1, 0.15) is 0 Å². The zero-order valence-corrected chi connectivity index (χ0v) is 13.0. The van der Waals surface area contributed by atoms with E-state index in [1.165, 1.54) is 5.69 Å². The molecule has 0 N–H and O–H groups in total. The van der Waals surface area contributed by atoms with Gasteiger partial charge >= 0.3 is 0 Å². The Labute approximate surface area is 124 Å². The summed E-state index contributed by atoms with van der Waals surface area (Å²) in [6.07, 6.45) is 13.0. The first-order valence-electron chi connectivity index (χ1n) is 7.14. The van der Waals surface area contributed by atoms with E-state index in [1.807, 2.05) is 38.1 Å². The molecule has 1 rings (SSSR count). The van der Waals surface area contributed by atoms with E-state index in [2.05, 4.69) is 61.5 Å². The Morgan fingerprint density at radius 3 is 2.35 bits per heavy atom. The molecule has 0 atom stereocenters. The van der Waals surface area contributed by atoms with Crippen LogP contribution in [0.2, 0.25) is 0 Å². The molecule has 0 fully saturated rings. The van der Waals surface area contributed by atoms with E-state index in [1.54, 1.807) is 0 Å². The highest BCUT2D eigenvalue weighted by atomic mass is 15.1. The number of likely N-dealkylation sites (N-methyl/N-ethyl adjacent to an activating group) is 1. The molecule has 20 heavy (non-hydrogen) atoms. The lowest BCUT2D eigenvalue weighted by Gasteiger charge is -2.19. The molecule has 1 aromatic carbocycles. The van der Waals surface area contributed by atoms with Gasteiger partial charge in [-0.05, 0) is 18.1 Å². The van der Waals surface area contributed by atoms with Gasteiger partial charge in [-0.25, -0.2) is 0 Å². The molecule has 0 amide bonds. The van der Waals surface area contributed by atoms with Gasteiger partial charge in [0, 0.05) is 19.3 Å². The molecule has 108 valence electrons. The number of benzene rings is 1. The Morgan fingerprint density at radius 2 is 1.70 bits per heavy atom. The first kappa shape index (κ1) is 18.0. The normalized spacial score (nSPS) is 10.2. The van der Waals surface area contributed by atoms with Crippen molar-refractivity contribution in [3.05, 3.63) is 73.4 Å². The summed E-state index contributed by atoms with van der Waals surface area (Å²) < 4.78 is 0. The summed E-state index contributed by atoms with van der Waals surface area (Å²) in [5.74, 6) is 0. The number of nitrogens with zero attached hydrogens (tertiary/aromatic N) is 1. The summed E-state index contributed by atoms with van der Waals surface area (Å²) in [6.45, 7) is 12.4. The minimum absolute atomic E-state index is 0.878. The molecule has 0 aromatic heterocycles. The summed E-state index contributed by atoms with van der Waals surface area (Å²) in [6, 6.07) is 8.26. The van der Waals surface area contributed by atoms with E-state index >= 15 is 0 Å². The Morgan fingerprint density at radius 1 is 1.05 bits per heavy atom. The first-order chi connectivity index (χ1) is 9.79. The van der Waals surface area contributed by atoms with Gasteiger partial charge in [-0.3, -0.25) is 0 Å². The quantitative estimate of drug-likeness (QED) is 0.468. The lowest BCUT2D eigenvalue weighted by Crippen LogP contribution is -2.17. The van der Waals surface area contributed by atoms with E-state index in [0.29, 0.717) is 0 Å². The molecule has 1 heteroatoms. The van der Waals surface area contributed by atoms with E-state index < -0.39 is 0 Å². The van der Waals surface area contributed by atoms with Crippen molar-refractivity contribution in [3.8, 4) is 0 Å². The fraction of sp³-hybridized carbons (Fsp3) is 0.263. The van der Waals surface area contributed by atoms with Crippen molar-refractivity contribution in [1.29, 1.82) is 0 Å². The second-order valence-electron chi connectivity index (χ2n) is 4.02. The van der Waals surface area contributed by atoms with Crippen LogP contribution in [0.4, 0.5) is 5.69 Å². The molecule has 0 unspecified atom stereocenters. The molecule has 0 radical (unpaired) electrons. The van der Waals surface area contributed by atoms with Gasteiger partial charge in [0.2, 0.25) is 0 Å². The van der Waals surface area contributed by atoms with Crippen LogP contribution in [-0.4, -0.2) is 13.6 Å². The van der Waals surface area contributed by atoms with Crippen LogP contribution in [0.25, 0.3) is 6.08 Å². The second-order valence-corrected chi connectivity index (χ2v) is 4.02. The van der Waals surface area contributed by atoms with E-state index in [-0.39, 0.29) is 0 Å². The highest BCUT2D eigenvalue weighted by Crippen LogP contribution is 2.19. The maximum absolute atomic E-state index is 3.84. The number of hydrogen-bond donors (Lipinski definition) is 0. The summed E-state index contributed by atoms with van der Waals surface area (Å²) >= 11 is 0. The zero-order chi connectivity index (χ0) is 15.2. The van der Waals surface area contributed by atoms with Crippen molar-refractivity contribution in [2.24, 2.45) is 0 Å². The van der Waals surface area contributed by atoms with Crippen LogP contribution in [0.15, 0.2) is 67.8 Å². The van der Waals surface area contributed by atoms with Crippen LogP contribution in [-0.2, 0) is 0 Å². The Hall–Kier alpha value is -2.02. The lowest BCUT2D eigenvalue weighted by molar-refractivity contribution is 1.03. The number of anilines is 1. The molecular weight excluding hydrogens is 242 g/mol. The van der Waals surface area contributed by atoms with Gasteiger partial charge in [0.05, 0.1) is 0 Å². The third-order valence-corrected chi connectivity index (χ3v) is 2.63. The second kappa shape index (κ2) is 12.0. The third kappa shape index (κ3) is 6.79. The number of allylic oxidation sites excluding steroid dienone is 4. The monoisotopic (exact) mass is 269 g/mol. The Balaban J connectivity index is 0.00000172.